The lowest BCUT2D eigenvalue weighted by Gasteiger charge is -2.54. The second-order valence-corrected chi connectivity index (χ2v) is 12.5. The van der Waals surface area contributed by atoms with Crippen LogP contribution in [0.25, 0.3) is 10.8 Å². The summed E-state index contributed by atoms with van der Waals surface area (Å²) in [4.78, 5) is 4.38. The molecule has 3 fully saturated rings. The molecule has 2 bridgehead atoms. The Bertz CT molecular complexity index is 1210. The van der Waals surface area contributed by atoms with Crippen molar-refractivity contribution in [1.29, 1.82) is 0 Å². The molecule has 1 aromatic heterocycles. The van der Waals surface area contributed by atoms with Crippen LogP contribution in [-0.4, -0.2) is 28.3 Å². The van der Waals surface area contributed by atoms with Crippen LogP contribution in [0.15, 0.2) is 60.0 Å². The number of nitrogens with one attached hydrogen (secondary N) is 1. The topological polar surface area (TPSA) is 34.2 Å². The maximum absolute atomic E-state index is 7.44. The van der Waals surface area contributed by atoms with Crippen LogP contribution < -0.4 is 5.32 Å². The molecule has 3 heterocycles. The number of nitrogens with zero attached hydrogens (tertiary/aromatic N) is 1. The van der Waals surface area contributed by atoms with Crippen molar-refractivity contribution in [3.8, 4) is 0 Å². The molecule has 3 nitrogen and oxygen atoms in total. The van der Waals surface area contributed by atoms with E-state index >= 15 is 0 Å². The molecule has 2 saturated carbocycles. The summed E-state index contributed by atoms with van der Waals surface area (Å²) in [6.45, 7) is 7.12. The highest BCUT2D eigenvalue weighted by atomic mass is 16.5. The van der Waals surface area contributed by atoms with E-state index in [1.165, 1.54) is 66.9 Å². The van der Waals surface area contributed by atoms with Crippen molar-refractivity contribution in [3.05, 3.63) is 65.5 Å². The fourth-order valence-corrected chi connectivity index (χ4v) is 8.89. The zero-order valence-corrected chi connectivity index (χ0v) is 20.9. The van der Waals surface area contributed by atoms with Gasteiger partial charge >= 0.3 is 0 Å². The Morgan fingerprint density at radius 1 is 1.09 bits per heavy atom. The quantitative estimate of drug-likeness (QED) is 0.551. The van der Waals surface area contributed by atoms with Crippen LogP contribution in [0, 0.1) is 11.3 Å². The summed E-state index contributed by atoms with van der Waals surface area (Å²) in [6, 6.07) is 10.3. The summed E-state index contributed by atoms with van der Waals surface area (Å²) in [5, 5.41) is 6.39. The summed E-state index contributed by atoms with van der Waals surface area (Å²) >= 11 is 0. The lowest BCUT2D eigenvalue weighted by molar-refractivity contribution is -0.136. The van der Waals surface area contributed by atoms with Crippen molar-refractivity contribution < 1.29 is 4.74 Å². The van der Waals surface area contributed by atoms with E-state index in [0.29, 0.717) is 23.9 Å². The predicted molar refractivity (Wildman–Crippen MR) is 138 cm³/mol. The average Bonchev–Trinajstić information content (AvgIpc) is 3.33. The normalized spacial score (nSPS) is 40.5. The van der Waals surface area contributed by atoms with Crippen molar-refractivity contribution in [2.45, 2.75) is 101 Å². The zero-order chi connectivity index (χ0) is 23.1. The third-order valence-corrected chi connectivity index (χ3v) is 10.3. The molecular weight excluding hydrogens is 416 g/mol. The molecule has 1 N–H and O–H groups in total. The first kappa shape index (κ1) is 21.3. The number of fused-ring (bicyclic) bond motifs is 2. The van der Waals surface area contributed by atoms with E-state index < -0.39 is 0 Å². The van der Waals surface area contributed by atoms with E-state index in [9.17, 15) is 0 Å². The molecule has 1 saturated heterocycles. The maximum atomic E-state index is 7.44. The Kier molecular flexibility index (Phi) is 4.56. The van der Waals surface area contributed by atoms with Gasteiger partial charge in [-0.3, -0.25) is 4.98 Å². The van der Waals surface area contributed by atoms with Gasteiger partial charge in [0.1, 0.15) is 0 Å². The molecule has 178 valence electrons. The van der Waals surface area contributed by atoms with E-state index in [1.807, 2.05) is 12.4 Å². The van der Waals surface area contributed by atoms with Gasteiger partial charge < -0.3 is 10.1 Å². The Balaban J connectivity index is 1.25. The van der Waals surface area contributed by atoms with Crippen molar-refractivity contribution in [1.82, 2.24) is 10.3 Å². The van der Waals surface area contributed by atoms with Crippen LogP contribution in [0.3, 0.4) is 0 Å². The van der Waals surface area contributed by atoms with E-state index in [2.05, 4.69) is 67.5 Å². The molecule has 2 aromatic rings. The highest BCUT2D eigenvalue weighted by molar-refractivity contribution is 5.82. The van der Waals surface area contributed by atoms with E-state index in [-0.39, 0.29) is 16.6 Å². The molecule has 3 heteroatoms. The largest absolute Gasteiger partial charge is 0.359 e. The van der Waals surface area contributed by atoms with Crippen molar-refractivity contribution >= 4 is 10.8 Å². The minimum atomic E-state index is -0.0661. The summed E-state index contributed by atoms with van der Waals surface area (Å²) in [5.74, 6) is 1.19. The number of pyridine rings is 1. The second-order valence-electron chi connectivity index (χ2n) is 12.5. The van der Waals surface area contributed by atoms with E-state index in [1.54, 1.807) is 5.57 Å². The molecule has 5 aliphatic rings. The Hall–Kier alpha value is -1.97. The van der Waals surface area contributed by atoms with Gasteiger partial charge in [0, 0.05) is 29.9 Å². The first-order valence-corrected chi connectivity index (χ1v) is 13.6. The van der Waals surface area contributed by atoms with Gasteiger partial charge in [0.05, 0.1) is 11.2 Å². The standard InChI is InChI=1S/C31H38N2O/c1-20(2)33-26-7-6-24-17-25-10-12-29(3)27(22-5-4-21-11-15-32-19-23(21)16-22)8-9-28(29)31(25)14-13-30(24,18-26)34-31/h4-5,10-11,15-17,19-20,26-28,33H,6-9,12-14,18H2,1-3H3/t26-,27-,28-,29-,30?,31-/m1/s1. The minimum Gasteiger partial charge on any atom is -0.359 e. The second kappa shape index (κ2) is 7.27. The van der Waals surface area contributed by atoms with Gasteiger partial charge in [-0.1, -0.05) is 45.1 Å². The monoisotopic (exact) mass is 454 g/mol. The van der Waals surface area contributed by atoms with E-state index in [0.717, 1.165) is 6.42 Å². The fraction of sp³-hybridized carbons (Fsp3) is 0.581. The van der Waals surface area contributed by atoms with Crippen LogP contribution in [0.2, 0.25) is 0 Å². The summed E-state index contributed by atoms with van der Waals surface area (Å²) < 4.78 is 7.44. The molecular formula is C31H38N2O. The molecule has 7 rings (SSSR count). The number of hydrogen-bond acceptors (Lipinski definition) is 3. The number of rotatable bonds is 3. The highest BCUT2D eigenvalue weighted by Crippen LogP contribution is 2.69. The molecule has 34 heavy (non-hydrogen) atoms. The van der Waals surface area contributed by atoms with Crippen LogP contribution in [0.5, 0.6) is 0 Å². The number of aromatic nitrogens is 1. The molecule has 1 aromatic carbocycles. The van der Waals surface area contributed by atoms with Crippen LogP contribution in [0.4, 0.5) is 0 Å². The maximum Gasteiger partial charge on any atom is 0.0974 e. The molecule has 2 aliphatic heterocycles. The first-order chi connectivity index (χ1) is 16.4. The van der Waals surface area contributed by atoms with Crippen molar-refractivity contribution in [3.63, 3.8) is 0 Å². The van der Waals surface area contributed by atoms with Gasteiger partial charge in [0.2, 0.25) is 0 Å². The number of hydrogen-bond donors (Lipinski definition) is 1. The van der Waals surface area contributed by atoms with Crippen molar-refractivity contribution in [2.24, 2.45) is 11.3 Å². The van der Waals surface area contributed by atoms with Gasteiger partial charge in [-0.15, -0.1) is 0 Å². The number of benzene rings is 1. The van der Waals surface area contributed by atoms with Crippen LogP contribution in [-0.2, 0) is 4.74 Å². The summed E-state index contributed by atoms with van der Waals surface area (Å²) in [7, 11) is 0. The Morgan fingerprint density at radius 2 is 2.00 bits per heavy atom. The molecule has 0 amide bonds. The molecule has 0 radical (unpaired) electrons. The molecule has 3 aliphatic carbocycles. The van der Waals surface area contributed by atoms with Gasteiger partial charge in [-0.2, -0.15) is 0 Å². The Labute approximate surface area is 204 Å². The smallest absolute Gasteiger partial charge is 0.0974 e. The number of allylic oxidation sites excluding steroid dienone is 1. The lowest BCUT2D eigenvalue weighted by Crippen LogP contribution is -2.55. The van der Waals surface area contributed by atoms with Gasteiger partial charge in [-0.05, 0) is 103 Å². The SMILES string of the molecule is CC(C)N[C@@H]1CCC2=CC3=CC[C@]4(C)[C@@H](c5ccc6ccncc6c5)CC[C@H]4[C@@]34CCC2(C1)O4. The van der Waals surface area contributed by atoms with Gasteiger partial charge in [0.15, 0.2) is 0 Å². The highest BCUT2D eigenvalue weighted by Gasteiger charge is 2.66. The first-order valence-electron chi connectivity index (χ1n) is 13.6. The van der Waals surface area contributed by atoms with Gasteiger partial charge in [0.25, 0.3) is 0 Å². The average molecular weight is 455 g/mol. The molecule has 1 unspecified atom stereocenters. The zero-order valence-electron chi connectivity index (χ0n) is 20.9. The predicted octanol–water partition coefficient (Wildman–Crippen LogP) is 6.84. The molecule has 2 spiro atoms. The summed E-state index contributed by atoms with van der Waals surface area (Å²) in [5.41, 5.74) is 4.78. The third kappa shape index (κ3) is 2.86. The van der Waals surface area contributed by atoms with E-state index in [4.69, 9.17) is 4.74 Å². The van der Waals surface area contributed by atoms with Crippen molar-refractivity contribution in [2.75, 3.05) is 0 Å². The minimum absolute atomic E-state index is 0.0207. The number of ether oxygens (including phenoxy) is 1. The Morgan fingerprint density at radius 3 is 2.88 bits per heavy atom. The summed E-state index contributed by atoms with van der Waals surface area (Å²) in [6.07, 6.45) is 18.8. The van der Waals surface area contributed by atoms with Crippen LogP contribution in [0.1, 0.15) is 83.6 Å². The third-order valence-electron chi connectivity index (χ3n) is 10.3. The van der Waals surface area contributed by atoms with Crippen LogP contribution >= 0.6 is 0 Å². The molecule has 6 atom stereocenters. The fourth-order valence-electron chi connectivity index (χ4n) is 8.89. The lowest BCUT2D eigenvalue weighted by atomic mass is 9.58. The van der Waals surface area contributed by atoms with Gasteiger partial charge in [-0.25, -0.2) is 0 Å².